The first kappa shape index (κ1) is 17.2. The number of aryl methyl sites for hydroxylation is 2. The summed E-state index contributed by atoms with van der Waals surface area (Å²) in [5, 5.41) is 13.1. The van der Waals surface area contributed by atoms with Crippen molar-refractivity contribution in [3.63, 3.8) is 0 Å². The van der Waals surface area contributed by atoms with E-state index in [0.29, 0.717) is 17.9 Å². The van der Waals surface area contributed by atoms with Crippen LogP contribution in [0.3, 0.4) is 0 Å². The molecule has 1 heterocycles. The number of carbonyl (C=O) groups is 1. The second kappa shape index (κ2) is 7.58. The zero-order chi connectivity index (χ0) is 18.6. The fraction of sp³-hybridized carbons (Fsp3) is 0.227. The van der Waals surface area contributed by atoms with E-state index in [1.807, 2.05) is 24.3 Å². The van der Waals surface area contributed by atoms with Gasteiger partial charge in [-0.05, 0) is 60.7 Å². The summed E-state index contributed by atoms with van der Waals surface area (Å²) < 4.78 is 5.41. The first-order valence-electron chi connectivity index (χ1n) is 9.16. The number of benzene rings is 2. The number of aromatic hydroxyl groups is 1. The van der Waals surface area contributed by atoms with Gasteiger partial charge in [0.1, 0.15) is 11.5 Å². The number of anilines is 1. The average Bonchev–Trinajstić information content (AvgIpc) is 3.34. The summed E-state index contributed by atoms with van der Waals surface area (Å²) in [4.78, 5) is 14.6. The van der Waals surface area contributed by atoms with Gasteiger partial charge in [0.05, 0.1) is 19.4 Å². The van der Waals surface area contributed by atoms with Crippen molar-refractivity contribution in [1.82, 2.24) is 4.90 Å². The number of nitrogens with one attached hydrogen (secondary N) is 1. The van der Waals surface area contributed by atoms with E-state index in [-0.39, 0.29) is 18.3 Å². The van der Waals surface area contributed by atoms with Gasteiger partial charge in [-0.15, -0.1) is 0 Å². The smallest absolute Gasteiger partial charge is 0.322 e. The number of furan rings is 1. The molecule has 1 aliphatic rings. The monoisotopic (exact) mass is 362 g/mol. The summed E-state index contributed by atoms with van der Waals surface area (Å²) in [7, 11) is 0. The van der Waals surface area contributed by atoms with Gasteiger partial charge in [0.15, 0.2) is 0 Å². The third-order valence-electron chi connectivity index (χ3n) is 4.92. The predicted molar refractivity (Wildman–Crippen MR) is 104 cm³/mol. The normalized spacial score (nSPS) is 12.6. The van der Waals surface area contributed by atoms with Crippen LogP contribution in [0.2, 0.25) is 0 Å². The van der Waals surface area contributed by atoms with Crippen LogP contribution < -0.4 is 5.32 Å². The van der Waals surface area contributed by atoms with Crippen molar-refractivity contribution in [2.24, 2.45) is 0 Å². The van der Waals surface area contributed by atoms with Crippen LogP contribution >= 0.6 is 0 Å². The van der Waals surface area contributed by atoms with E-state index in [9.17, 15) is 9.90 Å². The minimum Gasteiger partial charge on any atom is -0.508 e. The Morgan fingerprint density at radius 3 is 2.70 bits per heavy atom. The van der Waals surface area contributed by atoms with Crippen LogP contribution in [0.4, 0.5) is 10.5 Å². The molecule has 4 rings (SSSR count). The molecule has 0 spiro atoms. The van der Waals surface area contributed by atoms with Gasteiger partial charge >= 0.3 is 6.03 Å². The van der Waals surface area contributed by atoms with Crippen molar-refractivity contribution in [3.05, 3.63) is 83.3 Å². The molecule has 0 bridgehead atoms. The Hall–Kier alpha value is -3.21. The number of hydrogen-bond donors (Lipinski definition) is 2. The lowest BCUT2D eigenvalue weighted by molar-refractivity contribution is 0.200. The van der Waals surface area contributed by atoms with E-state index >= 15 is 0 Å². The molecule has 2 aromatic carbocycles. The van der Waals surface area contributed by atoms with Gasteiger partial charge in [-0.25, -0.2) is 4.79 Å². The lowest BCUT2D eigenvalue weighted by atomic mass is 10.1. The number of urea groups is 1. The molecule has 2 amide bonds. The van der Waals surface area contributed by atoms with Gasteiger partial charge in [0.2, 0.25) is 0 Å². The SMILES string of the molecule is O=C(Nc1ccc2c(c1)CCC2)N(Cc1ccco1)Cc1ccccc1O. The largest absolute Gasteiger partial charge is 0.508 e. The molecule has 0 unspecified atom stereocenters. The van der Waals surface area contributed by atoms with Crippen LogP contribution in [0.15, 0.2) is 65.3 Å². The van der Waals surface area contributed by atoms with Crippen LogP contribution in [0.5, 0.6) is 5.75 Å². The molecule has 0 fully saturated rings. The molecule has 0 saturated carbocycles. The predicted octanol–water partition coefficient (Wildman–Crippen LogP) is 4.71. The number of hydrogen-bond acceptors (Lipinski definition) is 3. The van der Waals surface area contributed by atoms with Crippen molar-refractivity contribution in [3.8, 4) is 5.75 Å². The van der Waals surface area contributed by atoms with E-state index in [2.05, 4.69) is 17.4 Å². The van der Waals surface area contributed by atoms with Gasteiger partial charge < -0.3 is 19.7 Å². The number of phenolic OH excluding ortho intramolecular Hbond substituents is 1. The topological polar surface area (TPSA) is 65.7 Å². The number of carbonyl (C=O) groups excluding carboxylic acids is 1. The Balaban J connectivity index is 1.53. The maximum absolute atomic E-state index is 12.9. The van der Waals surface area contributed by atoms with E-state index in [1.165, 1.54) is 17.5 Å². The molecule has 138 valence electrons. The Morgan fingerprint density at radius 2 is 1.89 bits per heavy atom. The number of fused-ring (bicyclic) bond motifs is 1. The highest BCUT2D eigenvalue weighted by molar-refractivity contribution is 5.89. The van der Waals surface area contributed by atoms with Crippen LogP contribution in [0.25, 0.3) is 0 Å². The summed E-state index contributed by atoms with van der Waals surface area (Å²) in [5.74, 6) is 0.863. The quantitative estimate of drug-likeness (QED) is 0.691. The minimum absolute atomic E-state index is 0.173. The number of rotatable bonds is 5. The van der Waals surface area contributed by atoms with Crippen LogP contribution in [-0.2, 0) is 25.9 Å². The zero-order valence-electron chi connectivity index (χ0n) is 15.0. The highest BCUT2D eigenvalue weighted by Gasteiger charge is 2.19. The van der Waals surface area contributed by atoms with Gasteiger partial charge in [-0.2, -0.15) is 0 Å². The number of nitrogens with zero attached hydrogens (tertiary/aromatic N) is 1. The summed E-state index contributed by atoms with van der Waals surface area (Å²) in [5.41, 5.74) is 4.16. The van der Waals surface area contributed by atoms with Crippen molar-refractivity contribution in [2.75, 3.05) is 5.32 Å². The lowest BCUT2D eigenvalue weighted by Crippen LogP contribution is -2.34. The molecule has 1 aromatic heterocycles. The van der Waals surface area contributed by atoms with Gasteiger partial charge in [-0.3, -0.25) is 0 Å². The van der Waals surface area contributed by atoms with Crippen molar-refractivity contribution >= 4 is 11.7 Å². The van der Waals surface area contributed by atoms with E-state index in [4.69, 9.17) is 4.42 Å². The second-order valence-electron chi connectivity index (χ2n) is 6.83. The van der Waals surface area contributed by atoms with Gasteiger partial charge in [0.25, 0.3) is 0 Å². The standard InChI is InChI=1S/C22H22N2O3/c25-21-9-2-1-5-18(21)14-24(15-20-8-4-12-27-20)22(26)23-19-11-10-16-6-3-7-17(16)13-19/h1-2,4-5,8-13,25H,3,6-7,14-15H2,(H,23,26). The zero-order valence-corrected chi connectivity index (χ0v) is 15.0. The fourth-order valence-corrected chi connectivity index (χ4v) is 3.49. The molecule has 0 atom stereocenters. The lowest BCUT2D eigenvalue weighted by Gasteiger charge is -2.23. The molecule has 2 N–H and O–H groups in total. The molecule has 0 aliphatic heterocycles. The first-order chi connectivity index (χ1) is 13.2. The number of phenols is 1. The fourth-order valence-electron chi connectivity index (χ4n) is 3.49. The molecule has 5 heteroatoms. The summed E-state index contributed by atoms with van der Waals surface area (Å²) >= 11 is 0. The molecular formula is C22H22N2O3. The first-order valence-corrected chi connectivity index (χ1v) is 9.16. The molecule has 0 saturated heterocycles. The van der Waals surface area contributed by atoms with Crippen LogP contribution in [0, 0.1) is 0 Å². The van der Waals surface area contributed by atoms with Crippen molar-refractivity contribution < 1.29 is 14.3 Å². The Morgan fingerprint density at radius 1 is 1.04 bits per heavy atom. The average molecular weight is 362 g/mol. The minimum atomic E-state index is -0.229. The molecule has 3 aromatic rings. The second-order valence-corrected chi connectivity index (χ2v) is 6.83. The number of para-hydroxylation sites is 1. The third kappa shape index (κ3) is 3.97. The third-order valence-corrected chi connectivity index (χ3v) is 4.92. The number of amides is 2. The Kier molecular flexibility index (Phi) is 4.83. The highest BCUT2D eigenvalue weighted by Crippen LogP contribution is 2.26. The molecular weight excluding hydrogens is 340 g/mol. The van der Waals surface area contributed by atoms with Gasteiger partial charge in [-0.1, -0.05) is 24.3 Å². The summed E-state index contributed by atoms with van der Waals surface area (Å²) in [6, 6.07) is 16.6. The maximum atomic E-state index is 12.9. The van der Waals surface area contributed by atoms with Crippen LogP contribution in [0.1, 0.15) is 28.9 Å². The van der Waals surface area contributed by atoms with Gasteiger partial charge in [0, 0.05) is 11.3 Å². The summed E-state index contributed by atoms with van der Waals surface area (Å²) in [6.45, 7) is 0.599. The molecule has 27 heavy (non-hydrogen) atoms. The van der Waals surface area contributed by atoms with Crippen molar-refractivity contribution in [2.45, 2.75) is 32.4 Å². The summed E-state index contributed by atoms with van der Waals surface area (Å²) in [6.07, 6.45) is 4.94. The Bertz CT molecular complexity index is 934. The molecule has 1 aliphatic carbocycles. The van der Waals surface area contributed by atoms with Crippen LogP contribution in [-0.4, -0.2) is 16.0 Å². The van der Waals surface area contributed by atoms with E-state index < -0.39 is 0 Å². The molecule has 0 radical (unpaired) electrons. The maximum Gasteiger partial charge on any atom is 0.322 e. The highest BCUT2D eigenvalue weighted by atomic mass is 16.3. The van der Waals surface area contributed by atoms with Crippen molar-refractivity contribution in [1.29, 1.82) is 0 Å². The van der Waals surface area contributed by atoms with E-state index in [0.717, 1.165) is 18.5 Å². The molecule has 5 nitrogen and oxygen atoms in total. The van der Waals surface area contributed by atoms with E-state index in [1.54, 1.807) is 29.4 Å². The Labute approximate surface area is 158 Å².